The van der Waals surface area contributed by atoms with Crippen molar-refractivity contribution in [1.29, 1.82) is 0 Å². The molecular formula is C27H23N7O5S3. The van der Waals surface area contributed by atoms with Gasteiger partial charge in [0.05, 0.1) is 11.0 Å². The van der Waals surface area contributed by atoms with Gasteiger partial charge >= 0.3 is 5.97 Å². The molecule has 2 aliphatic rings. The van der Waals surface area contributed by atoms with Crippen molar-refractivity contribution in [2.75, 3.05) is 11.5 Å². The molecule has 2 aromatic carbocycles. The zero-order chi connectivity index (χ0) is 29.4. The van der Waals surface area contributed by atoms with Crippen molar-refractivity contribution in [2.45, 2.75) is 28.7 Å². The Morgan fingerprint density at radius 2 is 1.90 bits per heavy atom. The number of thioether (sulfide) groups is 2. The number of nitrogens with one attached hydrogen (secondary N) is 3. The Kier molecular flexibility index (Phi) is 7.70. The lowest BCUT2D eigenvalue weighted by atomic mass is 10.0. The topological polar surface area (TPSA) is 170 Å². The summed E-state index contributed by atoms with van der Waals surface area (Å²) in [5.41, 5.74) is 2.32. The lowest BCUT2D eigenvalue weighted by Crippen LogP contribution is -2.71. The summed E-state index contributed by atoms with van der Waals surface area (Å²) in [5.74, 6) is -2.15. The van der Waals surface area contributed by atoms with Gasteiger partial charge in [-0.1, -0.05) is 65.6 Å². The van der Waals surface area contributed by atoms with E-state index in [1.54, 1.807) is 48.5 Å². The Balaban J connectivity index is 1.18. The van der Waals surface area contributed by atoms with Crippen molar-refractivity contribution in [3.05, 3.63) is 82.3 Å². The van der Waals surface area contributed by atoms with Crippen LogP contribution < -0.4 is 10.6 Å². The molecule has 214 valence electrons. The highest BCUT2D eigenvalue weighted by Crippen LogP contribution is 2.42. The molecule has 4 heterocycles. The Hall–Kier alpha value is -4.21. The Morgan fingerprint density at radius 3 is 2.62 bits per heavy atom. The summed E-state index contributed by atoms with van der Waals surface area (Å²) in [5, 5.41) is 23.7. The van der Waals surface area contributed by atoms with Crippen molar-refractivity contribution in [2.24, 2.45) is 0 Å². The predicted octanol–water partition coefficient (Wildman–Crippen LogP) is 2.72. The molecule has 1 fully saturated rings. The molecule has 3 atom stereocenters. The van der Waals surface area contributed by atoms with Gasteiger partial charge in [-0.05, 0) is 30.2 Å². The van der Waals surface area contributed by atoms with E-state index in [0.29, 0.717) is 38.0 Å². The number of aromatic nitrogens is 4. The molecule has 42 heavy (non-hydrogen) atoms. The smallest absolute Gasteiger partial charge is 0.352 e. The van der Waals surface area contributed by atoms with E-state index in [2.05, 4.69) is 30.8 Å². The van der Waals surface area contributed by atoms with Gasteiger partial charge in [-0.15, -0.1) is 22.0 Å². The number of aliphatic carboxylic acids is 1. The minimum Gasteiger partial charge on any atom is -0.477 e. The number of para-hydroxylation sites is 2. The number of nitrogens with zero attached hydrogens (tertiary/aromatic N) is 4. The summed E-state index contributed by atoms with van der Waals surface area (Å²) in [6.45, 7) is 1.84. The van der Waals surface area contributed by atoms with E-state index in [9.17, 15) is 24.3 Å². The molecule has 0 saturated carbocycles. The summed E-state index contributed by atoms with van der Waals surface area (Å²) in [7, 11) is 0. The molecule has 0 spiro atoms. The molecule has 4 aromatic rings. The number of carboxylic acids is 1. The highest BCUT2D eigenvalue weighted by molar-refractivity contribution is 8.01. The van der Waals surface area contributed by atoms with E-state index in [-0.39, 0.29) is 11.5 Å². The second kappa shape index (κ2) is 11.6. The molecule has 6 rings (SSSR count). The van der Waals surface area contributed by atoms with E-state index < -0.39 is 41.1 Å². The molecule has 3 amide bonds. The average Bonchev–Trinajstić information content (AvgIpc) is 3.63. The number of H-pyrrole nitrogens is 1. The first-order chi connectivity index (χ1) is 20.3. The summed E-state index contributed by atoms with van der Waals surface area (Å²) in [6, 6.07) is 13.8. The van der Waals surface area contributed by atoms with Gasteiger partial charge in [0.25, 0.3) is 11.8 Å². The highest BCUT2D eigenvalue weighted by atomic mass is 32.2. The first-order valence-corrected chi connectivity index (χ1v) is 15.6. The number of hydrogen-bond acceptors (Lipinski definition) is 10. The number of aryl methyl sites for hydroxylation is 1. The average molecular weight is 622 g/mol. The van der Waals surface area contributed by atoms with Gasteiger partial charge in [-0.25, -0.2) is 9.78 Å². The third-order valence-corrected chi connectivity index (χ3v) is 10.1. The van der Waals surface area contributed by atoms with Crippen LogP contribution in [0.3, 0.4) is 0 Å². The second-order valence-corrected chi connectivity index (χ2v) is 13.0. The van der Waals surface area contributed by atoms with Gasteiger partial charge in [0.2, 0.25) is 5.91 Å². The Bertz CT molecular complexity index is 1700. The molecule has 1 saturated heterocycles. The van der Waals surface area contributed by atoms with Gasteiger partial charge in [-0.2, -0.15) is 0 Å². The normalized spacial score (nSPS) is 18.8. The van der Waals surface area contributed by atoms with Crippen LogP contribution in [0.2, 0.25) is 0 Å². The standard InChI is InChI=1S/C27H23N7O5S3/c1-13-32-33-27(42-13)41-12-15-11-40-25-19(24(37)34(25)20(15)26(38)39)31-22(35)18(14-7-3-2-4-8-14)30-23(36)21-28-16-9-5-6-10-17(16)29-21/h2-10,18-19,25H,11-12H2,1H3,(H,28,29)(H,30,36)(H,31,35)(H,38,39)/t18?,19?,25-/m0/s1. The molecule has 15 heteroatoms. The van der Waals surface area contributed by atoms with Crippen LogP contribution in [0.4, 0.5) is 0 Å². The minimum atomic E-state index is -1.21. The van der Waals surface area contributed by atoms with Crippen molar-refractivity contribution in [3.8, 4) is 0 Å². The molecule has 2 unspecified atom stereocenters. The van der Waals surface area contributed by atoms with Crippen LogP contribution in [-0.4, -0.2) is 76.8 Å². The van der Waals surface area contributed by atoms with Crippen molar-refractivity contribution >= 4 is 69.6 Å². The maximum Gasteiger partial charge on any atom is 0.352 e. The van der Waals surface area contributed by atoms with Crippen molar-refractivity contribution < 1.29 is 24.3 Å². The van der Waals surface area contributed by atoms with Crippen LogP contribution in [0.15, 0.2) is 70.2 Å². The number of carbonyl (C=O) groups is 4. The van der Waals surface area contributed by atoms with E-state index in [1.807, 2.05) is 13.0 Å². The molecule has 12 nitrogen and oxygen atoms in total. The fourth-order valence-electron chi connectivity index (χ4n) is 4.72. The quantitative estimate of drug-likeness (QED) is 0.161. The molecule has 0 aliphatic carbocycles. The first-order valence-electron chi connectivity index (χ1n) is 12.7. The lowest BCUT2D eigenvalue weighted by Gasteiger charge is -2.49. The largest absolute Gasteiger partial charge is 0.477 e. The van der Waals surface area contributed by atoms with Gasteiger partial charge in [0, 0.05) is 11.5 Å². The SMILES string of the molecule is Cc1nnc(SCC2=C(C(=O)O)N3C(=O)C(NC(=O)C(NC(=O)c4nc5ccccc5[nH]4)c4ccccc4)[C@@H]3SC2)s1. The Morgan fingerprint density at radius 1 is 1.14 bits per heavy atom. The molecule has 4 N–H and O–H groups in total. The number of β-lactam (4-membered cyclic amide) rings is 1. The zero-order valence-corrected chi connectivity index (χ0v) is 24.4. The van der Waals surface area contributed by atoms with E-state index in [0.717, 1.165) is 5.01 Å². The number of fused-ring (bicyclic) bond motifs is 2. The molecule has 2 aliphatic heterocycles. The number of amides is 3. The van der Waals surface area contributed by atoms with Crippen LogP contribution in [0.25, 0.3) is 11.0 Å². The van der Waals surface area contributed by atoms with Gasteiger partial charge in [0.15, 0.2) is 10.2 Å². The minimum absolute atomic E-state index is 0.0454. The molecule has 2 aromatic heterocycles. The summed E-state index contributed by atoms with van der Waals surface area (Å²) < 4.78 is 0.716. The fraction of sp³-hybridized carbons (Fsp3) is 0.222. The van der Waals surface area contributed by atoms with E-state index in [4.69, 9.17) is 0 Å². The molecule has 0 radical (unpaired) electrons. The van der Waals surface area contributed by atoms with Crippen molar-refractivity contribution in [1.82, 2.24) is 35.7 Å². The number of imidazole rings is 1. The van der Waals surface area contributed by atoms with Crippen LogP contribution >= 0.6 is 34.9 Å². The van der Waals surface area contributed by atoms with Crippen LogP contribution in [-0.2, 0) is 14.4 Å². The zero-order valence-electron chi connectivity index (χ0n) is 21.9. The number of benzene rings is 2. The first kappa shape index (κ1) is 27.9. The van der Waals surface area contributed by atoms with Crippen LogP contribution in [0, 0.1) is 6.92 Å². The van der Waals surface area contributed by atoms with Gasteiger partial charge < -0.3 is 20.7 Å². The number of carbonyl (C=O) groups excluding carboxylic acids is 3. The monoisotopic (exact) mass is 621 g/mol. The lowest BCUT2D eigenvalue weighted by molar-refractivity contribution is -0.151. The third kappa shape index (κ3) is 5.37. The summed E-state index contributed by atoms with van der Waals surface area (Å²) >= 11 is 4.16. The number of hydrogen-bond donors (Lipinski definition) is 4. The fourth-order valence-corrected chi connectivity index (χ4v) is 8.02. The third-order valence-electron chi connectivity index (χ3n) is 6.70. The van der Waals surface area contributed by atoms with Gasteiger partial charge in [-0.3, -0.25) is 19.3 Å². The summed E-state index contributed by atoms with van der Waals surface area (Å²) in [4.78, 5) is 60.7. The maximum atomic E-state index is 13.6. The maximum absolute atomic E-state index is 13.6. The van der Waals surface area contributed by atoms with Crippen LogP contribution in [0.1, 0.15) is 27.2 Å². The predicted molar refractivity (Wildman–Crippen MR) is 158 cm³/mol. The number of carboxylic acid groups (broad SMARTS) is 1. The van der Waals surface area contributed by atoms with Crippen molar-refractivity contribution in [3.63, 3.8) is 0 Å². The molecular weight excluding hydrogens is 599 g/mol. The van der Waals surface area contributed by atoms with Gasteiger partial charge in [0.1, 0.15) is 28.2 Å². The van der Waals surface area contributed by atoms with E-state index >= 15 is 0 Å². The number of rotatable bonds is 9. The van der Waals surface area contributed by atoms with E-state index in [1.165, 1.54) is 39.8 Å². The second-order valence-electron chi connectivity index (χ2n) is 9.45. The summed E-state index contributed by atoms with van der Waals surface area (Å²) in [6.07, 6.45) is 0. The Labute approximate surface area is 251 Å². The number of aromatic amines is 1. The van der Waals surface area contributed by atoms with Crippen LogP contribution in [0.5, 0.6) is 0 Å². The highest BCUT2D eigenvalue weighted by Gasteiger charge is 2.54. The molecule has 0 bridgehead atoms.